The Hall–Kier alpha value is -3.02. The van der Waals surface area contributed by atoms with Crippen LogP contribution in [0.2, 0.25) is 0 Å². The molecule has 0 aromatic heterocycles. The molecule has 6 heteroatoms. The fourth-order valence-corrected chi connectivity index (χ4v) is 3.46. The molecule has 2 aromatic carbocycles. The highest BCUT2D eigenvalue weighted by Crippen LogP contribution is 2.31. The van der Waals surface area contributed by atoms with E-state index in [1.54, 1.807) is 0 Å². The Morgan fingerprint density at radius 3 is 2.44 bits per heavy atom. The highest BCUT2D eigenvalue weighted by Gasteiger charge is 2.29. The third-order valence-electron chi connectivity index (χ3n) is 5.62. The zero-order valence-electron chi connectivity index (χ0n) is 19.2. The maximum absolute atomic E-state index is 12.5. The number of anilines is 3. The third kappa shape index (κ3) is 7.59. The number of carbonyl (C=O) groups excluding carboxylic acids is 2. The van der Waals surface area contributed by atoms with Crippen LogP contribution in [-0.4, -0.2) is 25.0 Å². The van der Waals surface area contributed by atoms with Gasteiger partial charge in [-0.1, -0.05) is 44.7 Å². The molecule has 1 saturated carbocycles. The van der Waals surface area contributed by atoms with Crippen molar-refractivity contribution in [3.63, 3.8) is 0 Å². The van der Waals surface area contributed by atoms with Gasteiger partial charge < -0.3 is 20.7 Å². The SMILES string of the molecule is CCCCCCCOc1cccc(NCC(=O)Nc2cccc(NC(=O)C3CC3)c2C)c1. The van der Waals surface area contributed by atoms with Gasteiger partial charge >= 0.3 is 0 Å². The van der Waals surface area contributed by atoms with Gasteiger partial charge in [0.25, 0.3) is 0 Å². The number of nitrogens with one attached hydrogen (secondary N) is 3. The number of benzene rings is 2. The Kier molecular flexibility index (Phi) is 8.96. The molecule has 32 heavy (non-hydrogen) atoms. The fourth-order valence-electron chi connectivity index (χ4n) is 3.46. The molecule has 0 heterocycles. The van der Waals surface area contributed by atoms with E-state index in [-0.39, 0.29) is 24.3 Å². The molecular formula is C26H35N3O3. The van der Waals surface area contributed by atoms with Crippen molar-refractivity contribution >= 4 is 28.9 Å². The van der Waals surface area contributed by atoms with Crippen LogP contribution in [-0.2, 0) is 9.59 Å². The van der Waals surface area contributed by atoms with Crippen LogP contribution in [0.5, 0.6) is 5.75 Å². The summed E-state index contributed by atoms with van der Waals surface area (Å²) >= 11 is 0. The van der Waals surface area contributed by atoms with Crippen molar-refractivity contribution in [1.29, 1.82) is 0 Å². The molecule has 2 amide bonds. The maximum Gasteiger partial charge on any atom is 0.243 e. The Morgan fingerprint density at radius 2 is 1.69 bits per heavy atom. The predicted octanol–water partition coefficient (Wildman–Crippen LogP) is 5.74. The summed E-state index contributed by atoms with van der Waals surface area (Å²) in [6.45, 7) is 4.96. The van der Waals surface area contributed by atoms with Crippen molar-refractivity contribution in [2.24, 2.45) is 5.92 Å². The molecule has 0 unspecified atom stereocenters. The molecule has 0 spiro atoms. The van der Waals surface area contributed by atoms with Crippen LogP contribution in [0.15, 0.2) is 42.5 Å². The lowest BCUT2D eigenvalue weighted by Gasteiger charge is -2.14. The largest absolute Gasteiger partial charge is 0.494 e. The Morgan fingerprint density at radius 1 is 0.969 bits per heavy atom. The molecule has 0 saturated heterocycles. The van der Waals surface area contributed by atoms with Gasteiger partial charge in [0.15, 0.2) is 0 Å². The van der Waals surface area contributed by atoms with Gasteiger partial charge in [-0.2, -0.15) is 0 Å². The van der Waals surface area contributed by atoms with Gasteiger partial charge in [0, 0.05) is 29.0 Å². The van der Waals surface area contributed by atoms with Crippen LogP contribution in [0.3, 0.4) is 0 Å². The Labute approximate surface area is 191 Å². The number of carbonyl (C=O) groups is 2. The molecule has 3 N–H and O–H groups in total. The maximum atomic E-state index is 12.5. The lowest BCUT2D eigenvalue weighted by molar-refractivity contribution is -0.117. The number of hydrogen-bond acceptors (Lipinski definition) is 4. The summed E-state index contributed by atoms with van der Waals surface area (Å²) in [5.41, 5.74) is 3.13. The van der Waals surface area contributed by atoms with Gasteiger partial charge in [0.05, 0.1) is 13.2 Å². The molecule has 3 rings (SSSR count). The van der Waals surface area contributed by atoms with E-state index in [0.717, 1.165) is 42.0 Å². The van der Waals surface area contributed by atoms with Crippen LogP contribution in [0.25, 0.3) is 0 Å². The molecule has 0 bridgehead atoms. The number of amides is 2. The lowest BCUT2D eigenvalue weighted by Crippen LogP contribution is -2.22. The summed E-state index contributed by atoms with van der Waals surface area (Å²) in [7, 11) is 0. The minimum Gasteiger partial charge on any atom is -0.494 e. The van der Waals surface area contributed by atoms with Crippen LogP contribution >= 0.6 is 0 Å². The third-order valence-corrected chi connectivity index (χ3v) is 5.62. The predicted molar refractivity (Wildman–Crippen MR) is 130 cm³/mol. The molecule has 0 aliphatic heterocycles. The number of hydrogen-bond donors (Lipinski definition) is 3. The first-order valence-electron chi connectivity index (χ1n) is 11.7. The van der Waals surface area contributed by atoms with Crippen molar-refractivity contribution in [2.75, 3.05) is 29.1 Å². The minimum atomic E-state index is -0.152. The summed E-state index contributed by atoms with van der Waals surface area (Å²) < 4.78 is 5.84. The second-order valence-electron chi connectivity index (χ2n) is 8.43. The zero-order valence-corrected chi connectivity index (χ0v) is 19.2. The molecule has 2 aromatic rings. The van der Waals surface area contributed by atoms with Crippen LogP contribution in [0.4, 0.5) is 17.1 Å². The minimum absolute atomic E-state index is 0.0568. The lowest BCUT2D eigenvalue weighted by atomic mass is 10.1. The number of rotatable bonds is 13. The molecule has 172 valence electrons. The van der Waals surface area contributed by atoms with E-state index in [1.165, 1.54) is 25.7 Å². The van der Waals surface area contributed by atoms with Crippen molar-refractivity contribution < 1.29 is 14.3 Å². The first-order chi connectivity index (χ1) is 15.6. The quantitative estimate of drug-likeness (QED) is 0.349. The first kappa shape index (κ1) is 23.6. The highest BCUT2D eigenvalue weighted by molar-refractivity contribution is 5.98. The van der Waals surface area contributed by atoms with E-state index in [0.29, 0.717) is 12.3 Å². The highest BCUT2D eigenvalue weighted by atomic mass is 16.5. The second-order valence-corrected chi connectivity index (χ2v) is 8.43. The zero-order chi connectivity index (χ0) is 22.8. The Bertz CT molecular complexity index is 909. The number of ether oxygens (including phenoxy) is 1. The summed E-state index contributed by atoms with van der Waals surface area (Å²) in [5, 5.41) is 9.04. The van der Waals surface area contributed by atoms with Gasteiger partial charge in [-0.25, -0.2) is 0 Å². The van der Waals surface area contributed by atoms with Crippen LogP contribution in [0.1, 0.15) is 57.4 Å². The molecular weight excluding hydrogens is 402 g/mol. The summed E-state index contributed by atoms with van der Waals surface area (Å²) in [4.78, 5) is 24.5. The molecule has 1 fully saturated rings. The average Bonchev–Trinajstić information content (AvgIpc) is 3.63. The van der Waals surface area contributed by atoms with Gasteiger partial charge in [-0.15, -0.1) is 0 Å². The standard InChI is InChI=1S/C26H35N3O3/c1-3-4-5-6-7-16-32-22-11-8-10-21(17-22)27-18-25(30)28-23-12-9-13-24(19(23)2)29-26(31)20-14-15-20/h8-13,17,20,27H,3-7,14-16,18H2,1-2H3,(H,28,30)(H,29,31). The van der Waals surface area contributed by atoms with E-state index in [9.17, 15) is 9.59 Å². The van der Waals surface area contributed by atoms with E-state index >= 15 is 0 Å². The smallest absolute Gasteiger partial charge is 0.243 e. The average molecular weight is 438 g/mol. The van der Waals surface area contributed by atoms with E-state index in [1.807, 2.05) is 49.4 Å². The van der Waals surface area contributed by atoms with Gasteiger partial charge in [0.1, 0.15) is 5.75 Å². The van der Waals surface area contributed by atoms with E-state index in [2.05, 4.69) is 22.9 Å². The fraction of sp³-hybridized carbons (Fsp3) is 0.462. The van der Waals surface area contributed by atoms with Crippen LogP contribution < -0.4 is 20.7 Å². The topological polar surface area (TPSA) is 79.5 Å². The van der Waals surface area contributed by atoms with E-state index < -0.39 is 0 Å². The van der Waals surface area contributed by atoms with Crippen molar-refractivity contribution in [3.8, 4) is 5.75 Å². The second kappa shape index (κ2) is 12.1. The molecule has 0 radical (unpaired) electrons. The van der Waals surface area contributed by atoms with Crippen molar-refractivity contribution in [1.82, 2.24) is 0 Å². The first-order valence-corrected chi connectivity index (χ1v) is 11.7. The van der Waals surface area contributed by atoms with E-state index in [4.69, 9.17) is 4.74 Å². The van der Waals surface area contributed by atoms with Gasteiger partial charge in [0.2, 0.25) is 11.8 Å². The molecule has 6 nitrogen and oxygen atoms in total. The van der Waals surface area contributed by atoms with Gasteiger partial charge in [-0.3, -0.25) is 9.59 Å². The summed E-state index contributed by atoms with van der Waals surface area (Å²) in [6.07, 6.45) is 7.93. The molecule has 1 aliphatic rings. The summed E-state index contributed by atoms with van der Waals surface area (Å²) in [6, 6.07) is 13.2. The van der Waals surface area contributed by atoms with Crippen molar-refractivity contribution in [2.45, 2.75) is 58.8 Å². The number of unbranched alkanes of at least 4 members (excludes halogenated alkanes) is 4. The molecule has 1 aliphatic carbocycles. The van der Waals surface area contributed by atoms with Crippen LogP contribution in [0, 0.1) is 12.8 Å². The monoisotopic (exact) mass is 437 g/mol. The van der Waals surface area contributed by atoms with Crippen molar-refractivity contribution in [3.05, 3.63) is 48.0 Å². The normalized spacial score (nSPS) is 12.8. The molecule has 0 atom stereocenters. The Balaban J connectivity index is 1.45. The summed E-state index contributed by atoms with van der Waals surface area (Å²) in [5.74, 6) is 0.848. The van der Waals surface area contributed by atoms with Gasteiger partial charge in [-0.05, 0) is 56.0 Å².